The van der Waals surface area contributed by atoms with Crippen molar-refractivity contribution in [3.8, 4) is 5.75 Å². The summed E-state index contributed by atoms with van der Waals surface area (Å²) in [5.74, 6) is -1.05. The Bertz CT molecular complexity index is 962. The summed E-state index contributed by atoms with van der Waals surface area (Å²) < 4.78 is 16.2. The van der Waals surface area contributed by atoms with Gasteiger partial charge < -0.3 is 19.1 Å². The smallest absolute Gasteiger partial charge is 0.336 e. The zero-order chi connectivity index (χ0) is 22.9. The summed E-state index contributed by atoms with van der Waals surface area (Å²) in [5.41, 5.74) is 2.45. The van der Waals surface area contributed by atoms with Gasteiger partial charge in [-0.3, -0.25) is 0 Å². The lowest BCUT2D eigenvalue weighted by molar-refractivity contribution is -0.137. The van der Waals surface area contributed by atoms with Crippen molar-refractivity contribution < 1.29 is 23.8 Å². The third-order valence-corrected chi connectivity index (χ3v) is 5.27. The minimum Gasteiger partial charge on any atom is -0.493 e. The summed E-state index contributed by atoms with van der Waals surface area (Å²) in [6.45, 7) is 3.13. The SMILES string of the molecule is CCCCOc1ccccc1C1C(C(=O)OC)=CN(Cc2ccccc2)C=C1C(=O)OC. The topological polar surface area (TPSA) is 65.1 Å². The highest BCUT2D eigenvalue weighted by atomic mass is 16.5. The van der Waals surface area contributed by atoms with Crippen molar-refractivity contribution in [2.45, 2.75) is 32.2 Å². The van der Waals surface area contributed by atoms with Crippen molar-refractivity contribution in [1.82, 2.24) is 4.90 Å². The maximum Gasteiger partial charge on any atom is 0.336 e. The van der Waals surface area contributed by atoms with Crippen molar-refractivity contribution in [3.63, 3.8) is 0 Å². The van der Waals surface area contributed by atoms with Crippen LogP contribution in [0.15, 0.2) is 78.1 Å². The van der Waals surface area contributed by atoms with Crippen LogP contribution in [0.1, 0.15) is 36.8 Å². The van der Waals surface area contributed by atoms with Crippen LogP contribution in [0.25, 0.3) is 0 Å². The monoisotopic (exact) mass is 435 g/mol. The van der Waals surface area contributed by atoms with Crippen LogP contribution in [0.2, 0.25) is 0 Å². The van der Waals surface area contributed by atoms with Gasteiger partial charge in [-0.2, -0.15) is 0 Å². The molecule has 0 radical (unpaired) electrons. The molecule has 32 heavy (non-hydrogen) atoms. The zero-order valence-electron chi connectivity index (χ0n) is 18.7. The van der Waals surface area contributed by atoms with Gasteiger partial charge in [0, 0.05) is 24.5 Å². The first-order valence-corrected chi connectivity index (χ1v) is 10.7. The third kappa shape index (κ3) is 5.38. The van der Waals surface area contributed by atoms with Crippen LogP contribution >= 0.6 is 0 Å². The van der Waals surface area contributed by atoms with E-state index in [1.807, 2.05) is 59.5 Å². The number of ether oxygens (including phenoxy) is 3. The van der Waals surface area contributed by atoms with Gasteiger partial charge in [0.2, 0.25) is 0 Å². The minimum atomic E-state index is -0.667. The maximum atomic E-state index is 12.8. The van der Waals surface area contributed by atoms with Gasteiger partial charge >= 0.3 is 11.9 Å². The molecule has 0 N–H and O–H groups in total. The van der Waals surface area contributed by atoms with Crippen LogP contribution in [0.3, 0.4) is 0 Å². The van der Waals surface area contributed by atoms with Gasteiger partial charge in [-0.15, -0.1) is 0 Å². The second kappa shape index (κ2) is 11.2. The molecule has 0 aromatic heterocycles. The van der Waals surface area contributed by atoms with Crippen molar-refractivity contribution in [1.29, 1.82) is 0 Å². The largest absolute Gasteiger partial charge is 0.493 e. The first kappa shape index (κ1) is 23.1. The number of methoxy groups -OCH3 is 2. The van der Waals surface area contributed by atoms with E-state index in [1.165, 1.54) is 14.2 Å². The molecule has 0 spiro atoms. The number of esters is 2. The Hall–Kier alpha value is -3.54. The van der Waals surface area contributed by atoms with Crippen LogP contribution < -0.4 is 4.74 Å². The molecule has 0 amide bonds. The molecule has 3 rings (SSSR count). The molecule has 6 heteroatoms. The second-order valence-corrected chi connectivity index (χ2v) is 7.48. The zero-order valence-corrected chi connectivity index (χ0v) is 18.7. The highest BCUT2D eigenvalue weighted by Gasteiger charge is 2.36. The van der Waals surface area contributed by atoms with Gasteiger partial charge in [0.25, 0.3) is 0 Å². The standard InChI is InChI=1S/C26H29NO5/c1-4-5-15-32-23-14-10-9-13-20(23)24-21(25(28)30-2)17-27(18-22(24)26(29)31-3)16-19-11-7-6-8-12-19/h6-14,17-18,24H,4-5,15-16H2,1-3H3. The molecule has 2 aromatic rings. The molecule has 0 saturated heterocycles. The molecule has 0 fully saturated rings. The van der Waals surface area contributed by atoms with Crippen LogP contribution in [-0.4, -0.2) is 37.7 Å². The Morgan fingerprint density at radius 3 is 2.06 bits per heavy atom. The highest BCUT2D eigenvalue weighted by molar-refractivity contribution is 5.98. The summed E-state index contributed by atoms with van der Waals surface area (Å²) in [5, 5.41) is 0. The van der Waals surface area contributed by atoms with Gasteiger partial charge in [-0.1, -0.05) is 61.9 Å². The second-order valence-electron chi connectivity index (χ2n) is 7.48. The number of carbonyl (C=O) groups excluding carboxylic acids is 2. The van der Waals surface area contributed by atoms with Gasteiger partial charge in [-0.25, -0.2) is 9.59 Å². The van der Waals surface area contributed by atoms with Gasteiger partial charge in [0.15, 0.2) is 0 Å². The van der Waals surface area contributed by atoms with Crippen molar-refractivity contribution in [2.24, 2.45) is 0 Å². The lowest BCUT2D eigenvalue weighted by atomic mass is 9.82. The van der Waals surface area contributed by atoms with E-state index in [0.717, 1.165) is 24.0 Å². The Morgan fingerprint density at radius 2 is 1.47 bits per heavy atom. The number of rotatable bonds is 9. The summed E-state index contributed by atoms with van der Waals surface area (Å²) in [4.78, 5) is 27.5. The number of unbranched alkanes of at least 4 members (excludes halogenated alkanes) is 1. The Balaban J connectivity index is 2.07. The summed E-state index contributed by atoms with van der Waals surface area (Å²) in [7, 11) is 2.67. The molecule has 0 saturated carbocycles. The Kier molecular flexibility index (Phi) is 8.08. The van der Waals surface area contributed by atoms with E-state index >= 15 is 0 Å². The molecular formula is C26H29NO5. The molecule has 1 aliphatic rings. The molecule has 6 nitrogen and oxygen atoms in total. The van der Waals surface area contributed by atoms with E-state index in [0.29, 0.717) is 30.0 Å². The quantitative estimate of drug-likeness (QED) is 0.424. The van der Waals surface area contributed by atoms with Gasteiger partial charge in [0.05, 0.1) is 37.9 Å². The Labute approximate surface area is 189 Å². The summed E-state index contributed by atoms with van der Waals surface area (Å²) >= 11 is 0. The molecule has 0 unspecified atom stereocenters. The highest BCUT2D eigenvalue weighted by Crippen LogP contribution is 2.41. The van der Waals surface area contributed by atoms with Crippen molar-refractivity contribution >= 4 is 11.9 Å². The van der Waals surface area contributed by atoms with Crippen LogP contribution in [0.4, 0.5) is 0 Å². The number of benzene rings is 2. The molecule has 0 atom stereocenters. The number of hydrogen-bond donors (Lipinski definition) is 0. The van der Waals surface area contributed by atoms with E-state index < -0.39 is 17.9 Å². The van der Waals surface area contributed by atoms with Crippen LogP contribution in [-0.2, 0) is 25.6 Å². The molecular weight excluding hydrogens is 406 g/mol. The van der Waals surface area contributed by atoms with E-state index in [-0.39, 0.29) is 0 Å². The average molecular weight is 436 g/mol. The van der Waals surface area contributed by atoms with Crippen molar-refractivity contribution in [2.75, 3.05) is 20.8 Å². The fourth-order valence-electron chi connectivity index (χ4n) is 3.69. The van der Waals surface area contributed by atoms with Gasteiger partial charge in [-0.05, 0) is 18.1 Å². The lowest BCUT2D eigenvalue weighted by Gasteiger charge is -2.31. The molecule has 0 bridgehead atoms. The van der Waals surface area contributed by atoms with Crippen LogP contribution in [0, 0.1) is 0 Å². The average Bonchev–Trinajstić information content (AvgIpc) is 2.83. The first-order chi connectivity index (χ1) is 15.6. The van der Waals surface area contributed by atoms with E-state index in [1.54, 1.807) is 12.4 Å². The predicted octanol–water partition coefficient (Wildman–Crippen LogP) is 4.58. The summed E-state index contributed by atoms with van der Waals surface area (Å²) in [6.07, 6.45) is 5.38. The van der Waals surface area contributed by atoms with E-state index in [9.17, 15) is 9.59 Å². The van der Waals surface area contributed by atoms with E-state index in [4.69, 9.17) is 14.2 Å². The number of carbonyl (C=O) groups is 2. The predicted molar refractivity (Wildman–Crippen MR) is 122 cm³/mol. The molecule has 0 aliphatic carbocycles. The van der Waals surface area contributed by atoms with E-state index in [2.05, 4.69) is 6.92 Å². The Morgan fingerprint density at radius 1 is 0.875 bits per heavy atom. The number of hydrogen-bond acceptors (Lipinski definition) is 6. The van der Waals surface area contributed by atoms with Gasteiger partial charge in [0.1, 0.15) is 5.75 Å². The fraction of sp³-hybridized carbons (Fsp3) is 0.308. The number of nitrogens with zero attached hydrogens (tertiary/aromatic N) is 1. The molecule has 168 valence electrons. The maximum absolute atomic E-state index is 12.8. The first-order valence-electron chi connectivity index (χ1n) is 10.7. The molecule has 2 aromatic carbocycles. The minimum absolute atomic E-state index is 0.345. The molecule has 1 aliphatic heterocycles. The van der Waals surface area contributed by atoms with Crippen LogP contribution in [0.5, 0.6) is 5.75 Å². The fourth-order valence-corrected chi connectivity index (χ4v) is 3.69. The number of para-hydroxylation sites is 1. The lowest BCUT2D eigenvalue weighted by Crippen LogP contribution is -2.29. The normalized spacial score (nSPS) is 13.8. The van der Waals surface area contributed by atoms with Crippen molar-refractivity contribution in [3.05, 3.63) is 89.3 Å². The third-order valence-electron chi connectivity index (χ3n) is 5.27. The summed E-state index contributed by atoms with van der Waals surface area (Å²) in [6, 6.07) is 17.3. The molecule has 1 heterocycles.